The quantitative estimate of drug-likeness (QED) is 0.672. The third-order valence-electron chi connectivity index (χ3n) is 2.68. The van der Waals surface area contributed by atoms with Crippen LogP contribution in [0.15, 0.2) is 12.2 Å². The average Bonchev–Trinajstić information content (AvgIpc) is 2.08. The van der Waals surface area contributed by atoms with Gasteiger partial charge in [-0.1, -0.05) is 6.58 Å². The standard InChI is InChI=1S/C10H17NO2/c1-8(10(12)13)7-9-3-5-11(2)6-4-9/h9H,1,3-7H2,2H3,(H,12,13). The number of nitrogens with zero attached hydrogens (tertiary/aromatic N) is 1. The molecule has 0 spiro atoms. The Labute approximate surface area is 79.0 Å². The van der Waals surface area contributed by atoms with Gasteiger partial charge in [-0.3, -0.25) is 0 Å². The molecule has 0 aromatic carbocycles. The van der Waals surface area contributed by atoms with Gasteiger partial charge < -0.3 is 10.0 Å². The molecule has 1 N–H and O–H groups in total. The van der Waals surface area contributed by atoms with Crippen molar-refractivity contribution in [2.45, 2.75) is 19.3 Å². The molecule has 0 aromatic heterocycles. The van der Waals surface area contributed by atoms with Crippen molar-refractivity contribution in [3.8, 4) is 0 Å². The largest absolute Gasteiger partial charge is 0.478 e. The SMILES string of the molecule is C=C(CC1CCN(C)CC1)C(=O)O. The second kappa shape index (κ2) is 4.42. The first-order valence-corrected chi connectivity index (χ1v) is 4.69. The number of carbonyl (C=O) groups is 1. The zero-order valence-electron chi connectivity index (χ0n) is 8.12. The molecule has 1 aliphatic heterocycles. The van der Waals surface area contributed by atoms with Gasteiger partial charge in [-0.25, -0.2) is 4.79 Å². The molecule has 1 heterocycles. The van der Waals surface area contributed by atoms with Gasteiger partial charge >= 0.3 is 5.97 Å². The van der Waals surface area contributed by atoms with Crippen molar-refractivity contribution in [2.75, 3.05) is 20.1 Å². The van der Waals surface area contributed by atoms with Crippen LogP contribution in [0.25, 0.3) is 0 Å². The molecule has 0 unspecified atom stereocenters. The molecule has 1 saturated heterocycles. The number of likely N-dealkylation sites (tertiary alicyclic amines) is 1. The average molecular weight is 183 g/mol. The van der Waals surface area contributed by atoms with Crippen LogP contribution in [-0.4, -0.2) is 36.1 Å². The fourth-order valence-corrected chi connectivity index (χ4v) is 1.70. The first-order chi connectivity index (χ1) is 6.09. The summed E-state index contributed by atoms with van der Waals surface area (Å²) in [6.07, 6.45) is 2.86. The van der Waals surface area contributed by atoms with Gasteiger partial charge in [0.15, 0.2) is 0 Å². The summed E-state index contributed by atoms with van der Waals surface area (Å²) in [5, 5.41) is 8.65. The minimum Gasteiger partial charge on any atom is -0.478 e. The van der Waals surface area contributed by atoms with E-state index in [1.165, 1.54) is 0 Å². The smallest absolute Gasteiger partial charge is 0.330 e. The van der Waals surface area contributed by atoms with Gasteiger partial charge in [0.05, 0.1) is 0 Å². The lowest BCUT2D eigenvalue weighted by Crippen LogP contribution is -2.30. The van der Waals surface area contributed by atoms with Gasteiger partial charge in [-0.2, -0.15) is 0 Å². The molecule has 0 amide bonds. The lowest BCUT2D eigenvalue weighted by molar-refractivity contribution is -0.132. The molecule has 1 rings (SSSR count). The molecule has 3 heteroatoms. The van der Waals surface area contributed by atoms with Crippen LogP contribution in [0.2, 0.25) is 0 Å². The van der Waals surface area contributed by atoms with Gasteiger partial charge in [0.1, 0.15) is 0 Å². The lowest BCUT2D eigenvalue weighted by Gasteiger charge is -2.28. The third kappa shape index (κ3) is 3.19. The number of carboxylic acids is 1. The topological polar surface area (TPSA) is 40.5 Å². The highest BCUT2D eigenvalue weighted by atomic mass is 16.4. The van der Waals surface area contributed by atoms with Gasteiger partial charge in [0.25, 0.3) is 0 Å². The molecule has 1 fully saturated rings. The molecule has 74 valence electrons. The fraction of sp³-hybridized carbons (Fsp3) is 0.700. The first kappa shape index (κ1) is 10.3. The van der Waals surface area contributed by atoms with E-state index in [1.807, 2.05) is 0 Å². The van der Waals surface area contributed by atoms with E-state index in [4.69, 9.17) is 5.11 Å². The Balaban J connectivity index is 2.30. The Morgan fingerprint density at radius 3 is 2.54 bits per heavy atom. The summed E-state index contributed by atoms with van der Waals surface area (Å²) in [5.74, 6) is -0.321. The van der Waals surface area contributed by atoms with E-state index in [1.54, 1.807) is 0 Å². The Hall–Kier alpha value is -0.830. The number of piperidine rings is 1. The van der Waals surface area contributed by atoms with Crippen molar-refractivity contribution in [1.82, 2.24) is 4.90 Å². The highest BCUT2D eigenvalue weighted by Gasteiger charge is 2.19. The number of aliphatic carboxylic acids is 1. The van der Waals surface area contributed by atoms with E-state index in [0.29, 0.717) is 17.9 Å². The summed E-state index contributed by atoms with van der Waals surface area (Å²) in [5.41, 5.74) is 0.356. The van der Waals surface area contributed by atoms with E-state index in [2.05, 4.69) is 18.5 Å². The van der Waals surface area contributed by atoms with Crippen molar-refractivity contribution in [3.05, 3.63) is 12.2 Å². The Bertz CT molecular complexity index is 205. The highest BCUT2D eigenvalue weighted by Crippen LogP contribution is 2.22. The van der Waals surface area contributed by atoms with E-state index < -0.39 is 5.97 Å². The molecule has 0 bridgehead atoms. The van der Waals surface area contributed by atoms with E-state index >= 15 is 0 Å². The summed E-state index contributed by atoms with van der Waals surface area (Å²) in [7, 11) is 2.10. The van der Waals surface area contributed by atoms with Crippen LogP contribution in [0.5, 0.6) is 0 Å². The summed E-state index contributed by atoms with van der Waals surface area (Å²) in [6.45, 7) is 5.72. The van der Waals surface area contributed by atoms with Crippen LogP contribution in [-0.2, 0) is 4.79 Å². The number of rotatable bonds is 3. The van der Waals surface area contributed by atoms with E-state index in [0.717, 1.165) is 25.9 Å². The summed E-state index contributed by atoms with van der Waals surface area (Å²) in [6, 6.07) is 0. The predicted octanol–water partition coefficient (Wildman–Crippen LogP) is 1.36. The predicted molar refractivity (Wildman–Crippen MR) is 51.6 cm³/mol. The minimum atomic E-state index is -0.848. The summed E-state index contributed by atoms with van der Waals surface area (Å²) < 4.78 is 0. The van der Waals surface area contributed by atoms with Crippen LogP contribution in [0.1, 0.15) is 19.3 Å². The zero-order valence-corrected chi connectivity index (χ0v) is 8.12. The Morgan fingerprint density at radius 2 is 2.08 bits per heavy atom. The molecule has 0 aliphatic carbocycles. The number of hydrogen-bond acceptors (Lipinski definition) is 2. The maximum Gasteiger partial charge on any atom is 0.330 e. The number of carboxylic acid groups (broad SMARTS) is 1. The van der Waals surface area contributed by atoms with Gasteiger partial charge in [0.2, 0.25) is 0 Å². The van der Waals surface area contributed by atoms with Gasteiger partial charge in [-0.15, -0.1) is 0 Å². The monoisotopic (exact) mass is 183 g/mol. The molecule has 0 atom stereocenters. The third-order valence-corrected chi connectivity index (χ3v) is 2.68. The zero-order chi connectivity index (χ0) is 9.84. The normalized spacial score (nSPS) is 20.1. The van der Waals surface area contributed by atoms with Crippen LogP contribution >= 0.6 is 0 Å². The first-order valence-electron chi connectivity index (χ1n) is 4.69. The van der Waals surface area contributed by atoms with Crippen LogP contribution in [0.4, 0.5) is 0 Å². The summed E-state index contributed by atoms with van der Waals surface area (Å²) >= 11 is 0. The molecule has 0 radical (unpaired) electrons. The van der Waals surface area contributed by atoms with E-state index in [-0.39, 0.29) is 0 Å². The Kier molecular flexibility index (Phi) is 3.48. The van der Waals surface area contributed by atoms with Crippen LogP contribution < -0.4 is 0 Å². The maximum atomic E-state index is 10.5. The second-order valence-corrected chi connectivity index (χ2v) is 3.86. The molecule has 13 heavy (non-hydrogen) atoms. The van der Waals surface area contributed by atoms with Crippen molar-refractivity contribution in [2.24, 2.45) is 5.92 Å². The molecule has 0 aromatic rings. The van der Waals surface area contributed by atoms with E-state index in [9.17, 15) is 4.79 Å². The van der Waals surface area contributed by atoms with Crippen LogP contribution in [0, 0.1) is 5.92 Å². The van der Waals surface area contributed by atoms with Crippen LogP contribution in [0.3, 0.4) is 0 Å². The summed E-state index contributed by atoms with van der Waals surface area (Å²) in [4.78, 5) is 12.8. The van der Waals surface area contributed by atoms with Crippen molar-refractivity contribution in [3.63, 3.8) is 0 Å². The Morgan fingerprint density at radius 1 is 1.54 bits per heavy atom. The molecular formula is C10H17NO2. The highest BCUT2D eigenvalue weighted by molar-refractivity contribution is 5.85. The van der Waals surface area contributed by atoms with Crippen molar-refractivity contribution in [1.29, 1.82) is 0 Å². The molecule has 1 aliphatic rings. The number of hydrogen-bond donors (Lipinski definition) is 1. The van der Waals surface area contributed by atoms with Gasteiger partial charge in [0, 0.05) is 5.57 Å². The van der Waals surface area contributed by atoms with Crippen molar-refractivity contribution < 1.29 is 9.90 Å². The fourth-order valence-electron chi connectivity index (χ4n) is 1.70. The maximum absolute atomic E-state index is 10.5. The molecule has 0 saturated carbocycles. The second-order valence-electron chi connectivity index (χ2n) is 3.86. The lowest BCUT2D eigenvalue weighted by atomic mass is 9.91. The molecular weight excluding hydrogens is 166 g/mol. The van der Waals surface area contributed by atoms with Gasteiger partial charge in [-0.05, 0) is 45.3 Å². The minimum absolute atomic E-state index is 0.356. The van der Waals surface area contributed by atoms with Crippen molar-refractivity contribution >= 4 is 5.97 Å². The molecule has 3 nitrogen and oxygen atoms in total.